The minimum absolute atomic E-state index is 0.239. The van der Waals surface area contributed by atoms with Crippen molar-refractivity contribution in [2.24, 2.45) is 11.3 Å². The van der Waals surface area contributed by atoms with E-state index in [9.17, 15) is 14.4 Å². The Morgan fingerprint density at radius 3 is 2.13 bits per heavy atom. The maximum Gasteiger partial charge on any atom is 0.261 e. The van der Waals surface area contributed by atoms with Crippen LogP contribution < -0.4 is 27.6 Å². The van der Waals surface area contributed by atoms with E-state index in [-0.39, 0.29) is 10.6 Å². The Morgan fingerprint density at radius 2 is 1.60 bits per heavy atom. The van der Waals surface area contributed by atoms with E-state index in [0.717, 1.165) is 0 Å². The van der Waals surface area contributed by atoms with Crippen LogP contribution in [0.5, 0.6) is 0 Å². The molecule has 0 aliphatic rings. The first-order chi connectivity index (χ1) is 14.0. The molecule has 0 saturated heterocycles. The lowest BCUT2D eigenvalue weighted by atomic mass is 9.85. The highest BCUT2D eigenvalue weighted by Gasteiger charge is 2.35. The summed E-state index contributed by atoms with van der Waals surface area (Å²) in [6, 6.07) is 11.2. The van der Waals surface area contributed by atoms with Crippen molar-refractivity contribution in [3.63, 3.8) is 0 Å². The number of benzene rings is 2. The molecule has 0 saturated carbocycles. The number of rotatable bonds is 6. The fourth-order valence-electron chi connectivity index (χ4n) is 2.81. The Balaban J connectivity index is 2.27. The zero-order valence-electron chi connectivity index (χ0n) is 17.0. The molecular formula is C21H26ClN5O3. The van der Waals surface area contributed by atoms with Crippen LogP contribution in [0.4, 0.5) is 5.69 Å². The van der Waals surface area contributed by atoms with Crippen LogP contribution in [0.2, 0.25) is 5.02 Å². The molecule has 0 radical (unpaired) electrons. The molecule has 2 atom stereocenters. The minimum atomic E-state index is -1.02. The smallest absolute Gasteiger partial charge is 0.261 e. The zero-order valence-corrected chi connectivity index (χ0v) is 17.8. The van der Waals surface area contributed by atoms with Crippen molar-refractivity contribution in [3.8, 4) is 0 Å². The van der Waals surface area contributed by atoms with Gasteiger partial charge in [0.05, 0.1) is 10.7 Å². The zero-order chi connectivity index (χ0) is 22.5. The second kappa shape index (κ2) is 9.60. The van der Waals surface area contributed by atoms with Gasteiger partial charge in [0.1, 0.15) is 12.1 Å². The number of hydrogen-bond donors (Lipinski definition) is 5. The fourth-order valence-corrected chi connectivity index (χ4v) is 2.99. The molecule has 0 heterocycles. The van der Waals surface area contributed by atoms with Gasteiger partial charge in [0.2, 0.25) is 5.91 Å². The first-order valence-corrected chi connectivity index (χ1v) is 9.64. The fraction of sp³-hybridized carbons (Fsp3) is 0.286. The average molecular weight is 432 g/mol. The van der Waals surface area contributed by atoms with Gasteiger partial charge in [-0.05, 0) is 29.2 Å². The average Bonchev–Trinajstić information content (AvgIpc) is 2.71. The van der Waals surface area contributed by atoms with Gasteiger partial charge >= 0.3 is 0 Å². The third kappa shape index (κ3) is 5.71. The standard InChI is InChI=1S/C21H26ClN5O3/c1-21(2,3)17(26-18(28)13-9-10-15(23)14(22)11-13)20(30)25-16(19(29)27-24)12-7-5-4-6-8-12/h4-11,16-17H,23-24H2,1-3H3,(H,25,30)(H,26,28)(H,27,29)/t16?,17-/m1/s1. The Morgan fingerprint density at radius 1 is 0.967 bits per heavy atom. The first kappa shape index (κ1) is 23.2. The van der Waals surface area contributed by atoms with Crippen LogP contribution in [-0.4, -0.2) is 23.8 Å². The topological polar surface area (TPSA) is 139 Å². The summed E-state index contributed by atoms with van der Waals surface area (Å²) in [6.45, 7) is 5.40. The maximum absolute atomic E-state index is 13.1. The Hall–Kier alpha value is -3.10. The molecule has 30 heavy (non-hydrogen) atoms. The van der Waals surface area contributed by atoms with Crippen molar-refractivity contribution in [1.29, 1.82) is 0 Å². The SMILES string of the molecule is CC(C)(C)[C@H](NC(=O)c1ccc(N)c(Cl)c1)C(=O)NC(C(=O)NN)c1ccccc1. The normalized spacial score (nSPS) is 13.1. The van der Waals surface area contributed by atoms with Crippen LogP contribution in [0.1, 0.15) is 42.7 Å². The molecule has 160 valence electrons. The molecule has 0 aliphatic carbocycles. The monoisotopic (exact) mass is 431 g/mol. The van der Waals surface area contributed by atoms with Crippen molar-refractivity contribution < 1.29 is 14.4 Å². The van der Waals surface area contributed by atoms with Crippen molar-refractivity contribution >= 4 is 35.0 Å². The van der Waals surface area contributed by atoms with E-state index in [0.29, 0.717) is 11.3 Å². The van der Waals surface area contributed by atoms with E-state index in [2.05, 4.69) is 16.1 Å². The number of hydrazine groups is 1. The summed E-state index contributed by atoms with van der Waals surface area (Å²) in [5.74, 6) is 3.68. The molecule has 0 aliphatic heterocycles. The summed E-state index contributed by atoms with van der Waals surface area (Å²) in [5.41, 5.74) is 8.24. The number of hydrogen-bond acceptors (Lipinski definition) is 5. The molecule has 0 spiro atoms. The van der Waals surface area contributed by atoms with Crippen LogP contribution >= 0.6 is 11.6 Å². The highest BCUT2D eigenvalue weighted by atomic mass is 35.5. The van der Waals surface area contributed by atoms with E-state index in [1.807, 2.05) is 0 Å². The van der Waals surface area contributed by atoms with Crippen molar-refractivity contribution in [2.45, 2.75) is 32.9 Å². The molecule has 8 nitrogen and oxygen atoms in total. The number of anilines is 1. The predicted molar refractivity (Wildman–Crippen MR) is 116 cm³/mol. The van der Waals surface area contributed by atoms with E-state index in [4.69, 9.17) is 23.2 Å². The van der Waals surface area contributed by atoms with Gasteiger partial charge in [-0.25, -0.2) is 5.84 Å². The summed E-state index contributed by atoms with van der Waals surface area (Å²) in [4.78, 5) is 38.1. The molecular weight excluding hydrogens is 406 g/mol. The molecule has 9 heteroatoms. The lowest BCUT2D eigenvalue weighted by molar-refractivity contribution is -0.131. The van der Waals surface area contributed by atoms with Gasteiger partial charge in [0, 0.05) is 5.56 Å². The number of halogens is 1. The molecule has 0 fully saturated rings. The number of amides is 3. The second-order valence-electron chi connectivity index (χ2n) is 7.87. The third-order valence-electron chi connectivity index (χ3n) is 4.49. The summed E-state index contributed by atoms with van der Waals surface area (Å²) in [7, 11) is 0. The number of carbonyl (C=O) groups is 3. The molecule has 7 N–H and O–H groups in total. The minimum Gasteiger partial charge on any atom is -0.398 e. The lowest BCUT2D eigenvalue weighted by Crippen LogP contribution is -2.55. The molecule has 2 aromatic rings. The van der Waals surface area contributed by atoms with Crippen LogP contribution in [0, 0.1) is 5.41 Å². The predicted octanol–water partition coefficient (Wildman–Crippen LogP) is 1.91. The highest BCUT2D eigenvalue weighted by molar-refractivity contribution is 6.33. The van der Waals surface area contributed by atoms with Gasteiger partial charge < -0.3 is 16.4 Å². The molecule has 2 aromatic carbocycles. The lowest BCUT2D eigenvalue weighted by Gasteiger charge is -2.31. The van der Waals surface area contributed by atoms with Crippen LogP contribution in [-0.2, 0) is 9.59 Å². The summed E-state index contributed by atoms with van der Waals surface area (Å²) >= 11 is 5.99. The van der Waals surface area contributed by atoms with Crippen molar-refractivity contribution in [2.75, 3.05) is 5.73 Å². The van der Waals surface area contributed by atoms with Gasteiger partial charge in [-0.1, -0.05) is 62.7 Å². The van der Waals surface area contributed by atoms with E-state index < -0.39 is 35.2 Å². The molecule has 0 aromatic heterocycles. The van der Waals surface area contributed by atoms with Crippen LogP contribution in [0.25, 0.3) is 0 Å². The van der Waals surface area contributed by atoms with Gasteiger partial charge in [-0.2, -0.15) is 0 Å². The quantitative estimate of drug-likeness (QED) is 0.206. The number of nitrogens with one attached hydrogen (secondary N) is 3. The molecule has 1 unspecified atom stereocenters. The summed E-state index contributed by atoms with van der Waals surface area (Å²) in [5, 5.41) is 5.64. The van der Waals surface area contributed by atoms with Crippen LogP contribution in [0.15, 0.2) is 48.5 Å². The third-order valence-corrected chi connectivity index (χ3v) is 4.82. The van der Waals surface area contributed by atoms with Crippen molar-refractivity contribution in [1.82, 2.24) is 16.1 Å². The molecule has 2 rings (SSSR count). The van der Waals surface area contributed by atoms with Crippen LogP contribution in [0.3, 0.4) is 0 Å². The van der Waals surface area contributed by atoms with E-state index >= 15 is 0 Å². The highest BCUT2D eigenvalue weighted by Crippen LogP contribution is 2.23. The Bertz CT molecular complexity index is 928. The second-order valence-corrected chi connectivity index (χ2v) is 8.28. The van der Waals surface area contributed by atoms with E-state index in [1.165, 1.54) is 18.2 Å². The number of carbonyl (C=O) groups excluding carboxylic acids is 3. The van der Waals surface area contributed by atoms with Gasteiger partial charge in [0.15, 0.2) is 0 Å². The molecule has 3 amide bonds. The number of nitrogen functional groups attached to an aromatic ring is 1. The molecule has 0 bridgehead atoms. The Kier molecular flexibility index (Phi) is 7.42. The Labute approximate surface area is 180 Å². The summed E-state index contributed by atoms with van der Waals surface area (Å²) < 4.78 is 0. The summed E-state index contributed by atoms with van der Waals surface area (Å²) in [6.07, 6.45) is 0. The van der Waals surface area contributed by atoms with Crippen molar-refractivity contribution in [3.05, 3.63) is 64.7 Å². The van der Waals surface area contributed by atoms with Gasteiger partial charge in [0.25, 0.3) is 11.8 Å². The maximum atomic E-state index is 13.1. The first-order valence-electron chi connectivity index (χ1n) is 9.26. The van der Waals surface area contributed by atoms with E-state index in [1.54, 1.807) is 51.1 Å². The number of nitrogens with two attached hydrogens (primary N) is 2. The van der Waals surface area contributed by atoms with Gasteiger partial charge in [-0.15, -0.1) is 0 Å². The largest absolute Gasteiger partial charge is 0.398 e. The van der Waals surface area contributed by atoms with Gasteiger partial charge in [-0.3, -0.25) is 19.8 Å².